The number of benzene rings is 2. The first-order valence-electron chi connectivity index (χ1n) is 8.91. The van der Waals surface area contributed by atoms with Crippen molar-refractivity contribution in [2.45, 2.75) is 18.9 Å². The molecule has 0 aliphatic heterocycles. The molecule has 0 saturated heterocycles. The van der Waals surface area contributed by atoms with Crippen molar-refractivity contribution in [2.75, 3.05) is 28.4 Å². The Kier molecular flexibility index (Phi) is 5.69. The van der Waals surface area contributed by atoms with Crippen molar-refractivity contribution in [3.8, 4) is 17.2 Å². The summed E-state index contributed by atoms with van der Waals surface area (Å²) < 4.78 is 16.0. The summed E-state index contributed by atoms with van der Waals surface area (Å²) in [5, 5.41) is 0. The number of amides is 1. The number of likely N-dealkylation sites (N-methyl/N-ethyl adjacent to an activating group) is 1. The summed E-state index contributed by atoms with van der Waals surface area (Å²) in [4.78, 5) is 14.5. The summed E-state index contributed by atoms with van der Waals surface area (Å²) in [6, 6.07) is 12.1. The van der Waals surface area contributed by atoms with E-state index in [1.54, 1.807) is 38.4 Å². The predicted octanol–water partition coefficient (Wildman–Crippen LogP) is 3.87. The first kappa shape index (κ1) is 18.8. The summed E-state index contributed by atoms with van der Waals surface area (Å²) in [7, 11) is 6.56. The smallest absolute Gasteiger partial charge is 0.246 e. The third-order valence-corrected chi connectivity index (χ3v) is 5.02. The second-order valence-electron chi connectivity index (χ2n) is 6.49. The molecule has 0 radical (unpaired) electrons. The number of ether oxygens (including phenoxy) is 3. The molecule has 2 aromatic rings. The molecule has 1 amide bonds. The second-order valence-corrected chi connectivity index (χ2v) is 6.49. The fraction of sp³-hybridized carbons (Fsp3) is 0.318. The molecule has 5 nitrogen and oxygen atoms in total. The number of hydrogen-bond donors (Lipinski definition) is 0. The van der Waals surface area contributed by atoms with Crippen molar-refractivity contribution < 1.29 is 19.0 Å². The van der Waals surface area contributed by atoms with Crippen molar-refractivity contribution >= 4 is 12.0 Å². The zero-order valence-electron chi connectivity index (χ0n) is 16.2. The number of carbonyl (C=O) groups excluding carboxylic acids is 1. The van der Waals surface area contributed by atoms with E-state index in [1.165, 1.54) is 11.1 Å². The molecule has 3 rings (SSSR count). The lowest BCUT2D eigenvalue weighted by atomic mass is 10.1. The molecule has 0 saturated carbocycles. The standard InChI is InChI=1S/C22H25NO4/c1-23(18-11-10-16-7-5-6-8-17(16)18)21(24)12-9-15-13-19(25-2)22(27-4)20(14-15)26-3/h5-9,12-14,18H,10-11H2,1-4H3/b12-9+. The highest BCUT2D eigenvalue weighted by Crippen LogP contribution is 2.39. The number of aryl methyl sites for hydroxylation is 1. The quantitative estimate of drug-likeness (QED) is 0.727. The van der Waals surface area contributed by atoms with Gasteiger partial charge in [0.05, 0.1) is 27.4 Å². The van der Waals surface area contributed by atoms with Gasteiger partial charge in [0, 0.05) is 13.1 Å². The predicted molar refractivity (Wildman–Crippen MR) is 105 cm³/mol. The molecule has 0 N–H and O–H groups in total. The van der Waals surface area contributed by atoms with Crippen LogP contribution in [-0.2, 0) is 11.2 Å². The normalized spacial score (nSPS) is 15.5. The van der Waals surface area contributed by atoms with Crippen LogP contribution in [-0.4, -0.2) is 39.2 Å². The number of carbonyl (C=O) groups is 1. The molecule has 1 aliphatic rings. The SMILES string of the molecule is COc1cc(/C=C/C(=O)N(C)C2CCc3ccccc32)cc(OC)c1OC. The van der Waals surface area contributed by atoms with Crippen molar-refractivity contribution in [2.24, 2.45) is 0 Å². The van der Waals surface area contributed by atoms with E-state index in [2.05, 4.69) is 12.1 Å². The van der Waals surface area contributed by atoms with Gasteiger partial charge in [-0.25, -0.2) is 0 Å². The van der Waals surface area contributed by atoms with Gasteiger partial charge in [-0.15, -0.1) is 0 Å². The third-order valence-electron chi connectivity index (χ3n) is 5.02. The summed E-state index contributed by atoms with van der Waals surface area (Å²) in [5.41, 5.74) is 3.38. The highest BCUT2D eigenvalue weighted by atomic mass is 16.5. The first-order chi connectivity index (χ1) is 13.1. The third kappa shape index (κ3) is 3.77. The largest absolute Gasteiger partial charge is 0.493 e. The van der Waals surface area contributed by atoms with Crippen LogP contribution in [0.1, 0.15) is 29.2 Å². The van der Waals surface area contributed by atoms with Gasteiger partial charge in [-0.3, -0.25) is 4.79 Å². The molecule has 0 fully saturated rings. The summed E-state index contributed by atoms with van der Waals surface area (Å²) in [6.07, 6.45) is 5.32. The van der Waals surface area contributed by atoms with Crippen LogP contribution < -0.4 is 14.2 Å². The molecule has 1 atom stereocenters. The number of rotatable bonds is 6. The molecule has 0 aromatic heterocycles. The van der Waals surface area contributed by atoms with E-state index in [0.717, 1.165) is 18.4 Å². The lowest BCUT2D eigenvalue weighted by molar-refractivity contribution is -0.126. The lowest BCUT2D eigenvalue weighted by Gasteiger charge is -2.24. The van der Waals surface area contributed by atoms with Gasteiger partial charge >= 0.3 is 0 Å². The van der Waals surface area contributed by atoms with Crippen molar-refractivity contribution in [3.63, 3.8) is 0 Å². The Morgan fingerprint density at radius 3 is 2.37 bits per heavy atom. The average molecular weight is 367 g/mol. The van der Waals surface area contributed by atoms with Gasteiger partial charge in [-0.05, 0) is 47.7 Å². The van der Waals surface area contributed by atoms with Crippen molar-refractivity contribution in [3.05, 3.63) is 59.2 Å². The lowest BCUT2D eigenvalue weighted by Crippen LogP contribution is -2.28. The molecule has 1 unspecified atom stereocenters. The van der Waals surface area contributed by atoms with Crippen LogP contribution in [0.2, 0.25) is 0 Å². The van der Waals surface area contributed by atoms with Crippen LogP contribution in [0.25, 0.3) is 6.08 Å². The number of hydrogen-bond acceptors (Lipinski definition) is 4. The first-order valence-corrected chi connectivity index (χ1v) is 8.91. The topological polar surface area (TPSA) is 48.0 Å². The van der Waals surface area contributed by atoms with Gasteiger partial charge in [0.1, 0.15) is 0 Å². The fourth-order valence-electron chi connectivity index (χ4n) is 3.57. The van der Waals surface area contributed by atoms with E-state index >= 15 is 0 Å². The van der Waals surface area contributed by atoms with Crippen LogP contribution in [0.3, 0.4) is 0 Å². The van der Waals surface area contributed by atoms with E-state index in [0.29, 0.717) is 17.2 Å². The molecule has 2 aromatic carbocycles. The fourth-order valence-corrected chi connectivity index (χ4v) is 3.57. The minimum atomic E-state index is -0.0366. The molecular weight excluding hydrogens is 342 g/mol. The summed E-state index contributed by atoms with van der Waals surface area (Å²) in [5.74, 6) is 1.61. The van der Waals surface area contributed by atoms with Gasteiger partial charge < -0.3 is 19.1 Å². The minimum absolute atomic E-state index is 0.0366. The molecule has 27 heavy (non-hydrogen) atoms. The Hall–Kier alpha value is -2.95. The Morgan fingerprint density at radius 1 is 1.07 bits per heavy atom. The summed E-state index contributed by atoms with van der Waals surface area (Å²) >= 11 is 0. The molecule has 142 valence electrons. The van der Waals surface area contributed by atoms with E-state index in [1.807, 2.05) is 31.3 Å². The Balaban J connectivity index is 1.79. The van der Waals surface area contributed by atoms with Crippen LogP contribution in [0.5, 0.6) is 17.2 Å². The highest BCUT2D eigenvalue weighted by molar-refractivity contribution is 5.92. The van der Waals surface area contributed by atoms with E-state index in [9.17, 15) is 4.79 Å². The molecule has 5 heteroatoms. The van der Waals surface area contributed by atoms with Crippen LogP contribution >= 0.6 is 0 Å². The van der Waals surface area contributed by atoms with Gasteiger partial charge in [0.25, 0.3) is 0 Å². The number of fused-ring (bicyclic) bond motifs is 1. The van der Waals surface area contributed by atoms with Crippen LogP contribution in [0.15, 0.2) is 42.5 Å². The number of nitrogens with zero attached hydrogens (tertiary/aromatic N) is 1. The Morgan fingerprint density at radius 2 is 1.74 bits per heavy atom. The molecule has 0 spiro atoms. The average Bonchev–Trinajstić information content (AvgIpc) is 3.14. The minimum Gasteiger partial charge on any atom is -0.493 e. The Labute approximate surface area is 160 Å². The van der Waals surface area contributed by atoms with Crippen LogP contribution in [0, 0.1) is 0 Å². The van der Waals surface area contributed by atoms with E-state index in [4.69, 9.17) is 14.2 Å². The maximum atomic E-state index is 12.7. The Bertz CT molecular complexity index is 834. The van der Waals surface area contributed by atoms with Crippen molar-refractivity contribution in [1.29, 1.82) is 0 Å². The van der Waals surface area contributed by atoms with Gasteiger partial charge in [-0.1, -0.05) is 24.3 Å². The van der Waals surface area contributed by atoms with Gasteiger partial charge in [-0.2, -0.15) is 0 Å². The molecule has 0 heterocycles. The van der Waals surface area contributed by atoms with E-state index in [-0.39, 0.29) is 11.9 Å². The van der Waals surface area contributed by atoms with Crippen molar-refractivity contribution in [1.82, 2.24) is 4.90 Å². The molecule has 1 aliphatic carbocycles. The van der Waals surface area contributed by atoms with Crippen LogP contribution in [0.4, 0.5) is 0 Å². The van der Waals surface area contributed by atoms with E-state index < -0.39 is 0 Å². The van der Waals surface area contributed by atoms with Gasteiger partial charge in [0.15, 0.2) is 11.5 Å². The maximum Gasteiger partial charge on any atom is 0.246 e. The highest BCUT2D eigenvalue weighted by Gasteiger charge is 2.27. The second kappa shape index (κ2) is 8.16. The summed E-state index contributed by atoms with van der Waals surface area (Å²) in [6.45, 7) is 0. The number of methoxy groups -OCH3 is 3. The zero-order valence-corrected chi connectivity index (χ0v) is 16.2. The molecule has 0 bridgehead atoms. The van der Waals surface area contributed by atoms with Gasteiger partial charge in [0.2, 0.25) is 11.7 Å². The zero-order chi connectivity index (χ0) is 19.4. The molecular formula is C22H25NO4. The monoisotopic (exact) mass is 367 g/mol. The maximum absolute atomic E-state index is 12.7.